The number of piperazine rings is 1. The van der Waals surface area contributed by atoms with Crippen molar-refractivity contribution in [3.8, 4) is 11.5 Å². The highest BCUT2D eigenvalue weighted by Gasteiger charge is 2.20. The molecular formula is C13H19N3O3. The Morgan fingerprint density at radius 2 is 1.58 bits per heavy atom. The summed E-state index contributed by atoms with van der Waals surface area (Å²) < 4.78 is 10.5. The lowest BCUT2D eigenvalue weighted by Crippen LogP contribution is -2.50. The van der Waals surface area contributed by atoms with Gasteiger partial charge in [-0.3, -0.25) is 0 Å². The van der Waals surface area contributed by atoms with E-state index < -0.39 is 0 Å². The molecule has 6 heteroatoms. The van der Waals surface area contributed by atoms with Crippen molar-refractivity contribution in [1.29, 1.82) is 0 Å². The van der Waals surface area contributed by atoms with Crippen LogP contribution in [0.2, 0.25) is 0 Å². The van der Waals surface area contributed by atoms with E-state index in [1.807, 2.05) is 18.2 Å². The predicted molar refractivity (Wildman–Crippen MR) is 72.9 cm³/mol. The van der Waals surface area contributed by atoms with Crippen LogP contribution in [0, 0.1) is 0 Å². The molecule has 1 saturated heterocycles. The van der Waals surface area contributed by atoms with Crippen LogP contribution in [0.25, 0.3) is 0 Å². The van der Waals surface area contributed by atoms with Gasteiger partial charge in [-0.15, -0.1) is 0 Å². The second-order valence-corrected chi connectivity index (χ2v) is 4.38. The minimum absolute atomic E-state index is 0.358. The van der Waals surface area contributed by atoms with Gasteiger partial charge in [0.15, 0.2) is 0 Å². The Hall–Kier alpha value is -2.11. The highest BCUT2D eigenvalue weighted by molar-refractivity contribution is 5.72. The number of nitrogens with two attached hydrogens (primary N) is 1. The van der Waals surface area contributed by atoms with Gasteiger partial charge in [0.25, 0.3) is 0 Å². The van der Waals surface area contributed by atoms with Crippen molar-refractivity contribution < 1.29 is 14.3 Å². The highest BCUT2D eigenvalue weighted by Crippen LogP contribution is 2.28. The monoisotopic (exact) mass is 265 g/mol. The van der Waals surface area contributed by atoms with E-state index in [1.165, 1.54) is 0 Å². The fourth-order valence-electron chi connectivity index (χ4n) is 2.16. The largest absolute Gasteiger partial charge is 0.497 e. The molecule has 1 aromatic rings. The van der Waals surface area contributed by atoms with Crippen LogP contribution in [0.3, 0.4) is 0 Å². The number of carbonyl (C=O) groups excluding carboxylic acids is 1. The van der Waals surface area contributed by atoms with Crippen LogP contribution in [-0.2, 0) is 0 Å². The Bertz CT molecular complexity index is 434. The van der Waals surface area contributed by atoms with E-state index in [2.05, 4.69) is 4.90 Å². The molecular weight excluding hydrogens is 246 g/mol. The number of hydrogen-bond acceptors (Lipinski definition) is 4. The number of benzene rings is 1. The first kappa shape index (κ1) is 13.3. The van der Waals surface area contributed by atoms with E-state index in [0.717, 1.165) is 30.3 Å². The minimum Gasteiger partial charge on any atom is -0.497 e. The quantitative estimate of drug-likeness (QED) is 0.882. The van der Waals surface area contributed by atoms with Gasteiger partial charge in [-0.1, -0.05) is 0 Å². The molecule has 104 valence electrons. The average molecular weight is 265 g/mol. The number of carbonyl (C=O) groups is 1. The lowest BCUT2D eigenvalue weighted by molar-refractivity contribution is 0.204. The summed E-state index contributed by atoms with van der Waals surface area (Å²) in [6.45, 7) is 2.77. The number of ether oxygens (including phenoxy) is 2. The van der Waals surface area contributed by atoms with Crippen molar-refractivity contribution in [2.45, 2.75) is 0 Å². The second kappa shape index (κ2) is 5.69. The third kappa shape index (κ3) is 3.01. The van der Waals surface area contributed by atoms with Gasteiger partial charge in [0.1, 0.15) is 11.5 Å². The molecule has 0 radical (unpaired) electrons. The van der Waals surface area contributed by atoms with Gasteiger partial charge in [-0.25, -0.2) is 4.79 Å². The molecule has 0 saturated carbocycles. The first-order chi connectivity index (χ1) is 9.13. The second-order valence-electron chi connectivity index (χ2n) is 4.38. The van der Waals surface area contributed by atoms with Gasteiger partial charge < -0.3 is 25.0 Å². The van der Waals surface area contributed by atoms with Crippen molar-refractivity contribution in [1.82, 2.24) is 4.90 Å². The van der Waals surface area contributed by atoms with Crippen molar-refractivity contribution in [3.05, 3.63) is 18.2 Å². The Kier molecular flexibility index (Phi) is 3.99. The van der Waals surface area contributed by atoms with Crippen molar-refractivity contribution >= 4 is 11.7 Å². The molecule has 1 aliphatic rings. The number of hydrogen-bond donors (Lipinski definition) is 1. The summed E-state index contributed by atoms with van der Waals surface area (Å²) in [5.41, 5.74) is 6.30. The third-order valence-electron chi connectivity index (χ3n) is 3.29. The number of methoxy groups -OCH3 is 2. The minimum atomic E-state index is -0.358. The standard InChI is InChI=1S/C13H19N3O3/c1-18-11-7-10(8-12(9-11)19-2)15-3-5-16(6-4-15)13(14)17/h7-9H,3-6H2,1-2H3,(H2,14,17). The maximum atomic E-state index is 11.1. The highest BCUT2D eigenvalue weighted by atomic mass is 16.5. The van der Waals surface area contributed by atoms with Crippen LogP contribution in [0.4, 0.5) is 10.5 Å². The van der Waals surface area contributed by atoms with Crippen LogP contribution < -0.4 is 20.1 Å². The van der Waals surface area contributed by atoms with Gasteiger partial charge in [-0.05, 0) is 0 Å². The maximum absolute atomic E-state index is 11.1. The summed E-state index contributed by atoms with van der Waals surface area (Å²) in [6.07, 6.45) is 0. The van der Waals surface area contributed by atoms with Crippen LogP contribution in [0.5, 0.6) is 11.5 Å². The van der Waals surface area contributed by atoms with E-state index in [4.69, 9.17) is 15.2 Å². The average Bonchev–Trinajstić information content (AvgIpc) is 2.46. The first-order valence-corrected chi connectivity index (χ1v) is 6.16. The molecule has 6 nitrogen and oxygen atoms in total. The molecule has 0 aliphatic carbocycles. The van der Waals surface area contributed by atoms with Gasteiger partial charge in [-0.2, -0.15) is 0 Å². The number of nitrogens with zero attached hydrogens (tertiary/aromatic N) is 2. The molecule has 1 aliphatic heterocycles. The molecule has 0 atom stereocenters. The topological polar surface area (TPSA) is 68.0 Å². The van der Waals surface area contributed by atoms with Crippen LogP contribution in [0.15, 0.2) is 18.2 Å². The molecule has 1 aromatic carbocycles. The lowest BCUT2D eigenvalue weighted by atomic mass is 10.2. The summed E-state index contributed by atoms with van der Waals surface area (Å²) in [7, 11) is 3.26. The molecule has 2 amide bonds. The van der Waals surface area contributed by atoms with Crippen molar-refractivity contribution in [2.75, 3.05) is 45.3 Å². The zero-order valence-electron chi connectivity index (χ0n) is 11.3. The van der Waals surface area contributed by atoms with Crippen molar-refractivity contribution in [3.63, 3.8) is 0 Å². The maximum Gasteiger partial charge on any atom is 0.314 e. The van der Waals surface area contributed by atoms with E-state index in [1.54, 1.807) is 19.1 Å². The molecule has 1 fully saturated rings. The number of rotatable bonds is 3. The SMILES string of the molecule is COc1cc(OC)cc(N2CCN(C(N)=O)CC2)c1. The molecule has 19 heavy (non-hydrogen) atoms. The van der Waals surface area contributed by atoms with Crippen LogP contribution >= 0.6 is 0 Å². The summed E-state index contributed by atoms with van der Waals surface area (Å²) in [6, 6.07) is 5.40. The molecule has 2 N–H and O–H groups in total. The fourth-order valence-corrected chi connectivity index (χ4v) is 2.16. The summed E-state index contributed by atoms with van der Waals surface area (Å²) in [5, 5.41) is 0. The van der Waals surface area contributed by atoms with E-state index >= 15 is 0 Å². The normalized spacial score (nSPS) is 15.3. The van der Waals surface area contributed by atoms with Gasteiger partial charge in [0.2, 0.25) is 0 Å². The number of amides is 2. The Morgan fingerprint density at radius 3 is 2.00 bits per heavy atom. The van der Waals surface area contributed by atoms with Crippen LogP contribution in [-0.4, -0.2) is 51.3 Å². The Labute approximate surface area is 112 Å². The number of anilines is 1. The lowest BCUT2D eigenvalue weighted by Gasteiger charge is -2.35. The smallest absolute Gasteiger partial charge is 0.314 e. The third-order valence-corrected chi connectivity index (χ3v) is 3.29. The predicted octanol–water partition coefficient (Wildman–Crippen LogP) is 0.904. The van der Waals surface area contributed by atoms with E-state index in [-0.39, 0.29) is 6.03 Å². The summed E-state index contributed by atoms with van der Waals surface area (Å²) in [5.74, 6) is 1.51. The van der Waals surface area contributed by atoms with Crippen molar-refractivity contribution in [2.24, 2.45) is 5.73 Å². The number of urea groups is 1. The van der Waals surface area contributed by atoms with E-state index in [9.17, 15) is 4.79 Å². The molecule has 0 aromatic heterocycles. The molecule has 2 rings (SSSR count). The van der Waals surface area contributed by atoms with Gasteiger partial charge in [0, 0.05) is 50.1 Å². The molecule has 0 unspecified atom stereocenters. The van der Waals surface area contributed by atoms with Crippen LogP contribution in [0.1, 0.15) is 0 Å². The first-order valence-electron chi connectivity index (χ1n) is 6.16. The molecule has 0 bridgehead atoms. The zero-order valence-corrected chi connectivity index (χ0v) is 11.3. The Balaban J connectivity index is 2.12. The number of primary amides is 1. The van der Waals surface area contributed by atoms with E-state index in [0.29, 0.717) is 13.1 Å². The fraction of sp³-hybridized carbons (Fsp3) is 0.462. The van der Waals surface area contributed by atoms with Gasteiger partial charge >= 0.3 is 6.03 Å². The van der Waals surface area contributed by atoms with Gasteiger partial charge in [0.05, 0.1) is 14.2 Å². The zero-order chi connectivity index (χ0) is 13.8. The summed E-state index contributed by atoms with van der Waals surface area (Å²) in [4.78, 5) is 14.9. The summed E-state index contributed by atoms with van der Waals surface area (Å²) >= 11 is 0. The molecule has 0 spiro atoms. The molecule has 1 heterocycles. The Morgan fingerprint density at radius 1 is 1.05 bits per heavy atom.